The number of rotatable bonds is 18. The first-order valence-corrected chi connectivity index (χ1v) is 15.5. The number of hydrogen-bond acceptors (Lipinski definition) is 8. The molecule has 0 amide bonds. The van der Waals surface area contributed by atoms with Gasteiger partial charge in [-0.1, -0.05) is 25.7 Å². The Morgan fingerprint density at radius 3 is 1.46 bits per heavy atom. The van der Waals surface area contributed by atoms with Gasteiger partial charge in [-0.3, -0.25) is 0 Å². The van der Waals surface area contributed by atoms with Gasteiger partial charge >= 0.3 is 11.9 Å². The van der Waals surface area contributed by atoms with Crippen LogP contribution in [0.2, 0.25) is 0 Å². The normalized spacial score (nSPS) is 10.7. The molecule has 0 aliphatic rings. The smallest absolute Gasteiger partial charge is 0.343 e. The summed E-state index contributed by atoms with van der Waals surface area (Å²) in [6, 6.07) is 18.7. The minimum absolute atomic E-state index is 0.362. The van der Waals surface area contributed by atoms with Gasteiger partial charge in [0.25, 0.3) is 0 Å². The van der Waals surface area contributed by atoms with Gasteiger partial charge in [0.05, 0.1) is 24.3 Å². The molecule has 0 N–H and O–H groups in total. The Balaban J connectivity index is 1.45. The second-order valence-electron chi connectivity index (χ2n) is 9.73. The summed E-state index contributed by atoms with van der Waals surface area (Å²) in [6.07, 6.45) is 8.75. The summed E-state index contributed by atoms with van der Waals surface area (Å²) in [5, 5.41) is 0. The van der Waals surface area contributed by atoms with Gasteiger partial charge in [-0.25, -0.2) is 9.59 Å². The van der Waals surface area contributed by atoms with E-state index in [-0.39, 0.29) is 0 Å². The van der Waals surface area contributed by atoms with Crippen LogP contribution in [-0.2, 0) is 0 Å². The molecule has 6 nitrogen and oxygen atoms in total. The lowest BCUT2D eigenvalue weighted by molar-refractivity contribution is 0.0718. The Labute approximate surface area is 254 Å². The highest BCUT2D eigenvalue weighted by atomic mass is 32.1. The number of thiol groups is 2. The Hall–Kier alpha value is -3.10. The number of esters is 2. The molecule has 0 spiro atoms. The minimum atomic E-state index is -0.479. The van der Waals surface area contributed by atoms with Gasteiger partial charge in [0, 0.05) is 0 Å². The molecule has 0 aromatic heterocycles. The fraction of sp³-hybridized carbons (Fsp3) is 0.394. The second kappa shape index (κ2) is 18.4. The molecule has 0 radical (unpaired) electrons. The number of unbranched alkanes of at least 4 members (excludes halogenated alkanes) is 6. The summed E-state index contributed by atoms with van der Waals surface area (Å²) < 4.78 is 22.6. The average molecular weight is 597 g/mol. The predicted molar refractivity (Wildman–Crippen MR) is 170 cm³/mol. The van der Waals surface area contributed by atoms with E-state index in [9.17, 15) is 9.59 Å². The molecule has 0 saturated carbocycles. The SMILES string of the molecule is Cc1cc(OC(=O)c2ccc(OCCCCCCS)cc2)ccc1OC(=O)c1ccc(OCCCCCCS)cc1. The van der Waals surface area contributed by atoms with Crippen molar-refractivity contribution in [1.29, 1.82) is 0 Å². The molecule has 0 bridgehead atoms. The van der Waals surface area contributed by atoms with Crippen LogP contribution in [0.25, 0.3) is 0 Å². The first-order chi connectivity index (χ1) is 20.0. The molecule has 8 heteroatoms. The van der Waals surface area contributed by atoms with Crippen LogP contribution in [0.3, 0.4) is 0 Å². The summed E-state index contributed by atoms with van der Waals surface area (Å²) in [7, 11) is 0. The van der Waals surface area contributed by atoms with Crippen molar-refractivity contribution in [1.82, 2.24) is 0 Å². The Kier molecular flexibility index (Phi) is 14.5. The molecule has 3 aromatic rings. The van der Waals surface area contributed by atoms with Crippen molar-refractivity contribution in [3.05, 3.63) is 83.4 Å². The van der Waals surface area contributed by atoms with Gasteiger partial charge in [-0.05, 0) is 116 Å². The molecule has 0 unspecified atom stereocenters. The standard InChI is InChI=1S/C33H40O6S2/c1-25-24-30(38-32(34)26-10-14-28(15-11-26)36-20-6-2-4-8-22-40)18-19-31(25)39-33(35)27-12-16-29(17-13-27)37-21-7-3-5-9-23-41/h10-19,24,40-41H,2-9,20-23H2,1H3. The lowest BCUT2D eigenvalue weighted by Crippen LogP contribution is -2.10. The van der Waals surface area contributed by atoms with Crippen LogP contribution in [0.4, 0.5) is 0 Å². The van der Waals surface area contributed by atoms with Crippen molar-refractivity contribution >= 4 is 37.2 Å². The fourth-order valence-corrected chi connectivity index (χ4v) is 4.46. The second-order valence-corrected chi connectivity index (χ2v) is 10.6. The lowest BCUT2D eigenvalue weighted by atomic mass is 10.2. The van der Waals surface area contributed by atoms with Crippen molar-refractivity contribution in [2.45, 2.75) is 58.3 Å². The van der Waals surface area contributed by atoms with Gasteiger partial charge in [0.15, 0.2) is 0 Å². The number of ether oxygens (including phenoxy) is 4. The van der Waals surface area contributed by atoms with E-state index in [0.29, 0.717) is 41.4 Å². The molecular formula is C33H40O6S2. The van der Waals surface area contributed by atoms with Crippen molar-refractivity contribution < 1.29 is 28.5 Å². The van der Waals surface area contributed by atoms with Crippen molar-refractivity contribution in [2.75, 3.05) is 24.7 Å². The average Bonchev–Trinajstić information content (AvgIpc) is 2.98. The van der Waals surface area contributed by atoms with Crippen LogP contribution in [-0.4, -0.2) is 36.7 Å². The highest BCUT2D eigenvalue weighted by Crippen LogP contribution is 2.26. The molecule has 3 rings (SSSR count). The van der Waals surface area contributed by atoms with E-state index in [1.54, 1.807) is 73.7 Å². The van der Waals surface area contributed by atoms with E-state index >= 15 is 0 Å². The van der Waals surface area contributed by atoms with Crippen LogP contribution in [0, 0.1) is 6.92 Å². The van der Waals surface area contributed by atoms with E-state index in [1.807, 2.05) is 0 Å². The fourth-order valence-electron chi connectivity index (χ4n) is 4.01. The van der Waals surface area contributed by atoms with Gasteiger partial charge in [0.1, 0.15) is 23.0 Å². The third-order valence-electron chi connectivity index (χ3n) is 6.38. The van der Waals surface area contributed by atoms with Crippen molar-refractivity contribution in [2.24, 2.45) is 0 Å². The minimum Gasteiger partial charge on any atom is -0.494 e. The van der Waals surface area contributed by atoms with Crippen LogP contribution in [0.1, 0.15) is 77.6 Å². The first-order valence-electron chi connectivity index (χ1n) is 14.2. The number of carbonyl (C=O) groups excluding carboxylic acids is 2. The number of benzene rings is 3. The highest BCUT2D eigenvalue weighted by molar-refractivity contribution is 7.80. The zero-order valence-electron chi connectivity index (χ0n) is 23.7. The first kappa shape index (κ1) is 32.4. The Bertz CT molecular complexity index is 1210. The summed E-state index contributed by atoms with van der Waals surface area (Å²) in [5.41, 5.74) is 1.50. The topological polar surface area (TPSA) is 71.1 Å². The van der Waals surface area contributed by atoms with E-state index in [1.165, 1.54) is 0 Å². The summed E-state index contributed by atoms with van der Waals surface area (Å²) in [4.78, 5) is 25.3. The predicted octanol–water partition coefficient (Wildman–Crippen LogP) is 8.17. The molecule has 3 aromatic carbocycles. The van der Waals surface area contributed by atoms with E-state index < -0.39 is 11.9 Å². The summed E-state index contributed by atoms with van der Waals surface area (Å²) >= 11 is 8.44. The number of aryl methyl sites for hydroxylation is 1. The maximum Gasteiger partial charge on any atom is 0.343 e. The Morgan fingerprint density at radius 2 is 1.00 bits per heavy atom. The summed E-state index contributed by atoms with van der Waals surface area (Å²) in [6.45, 7) is 3.07. The van der Waals surface area contributed by atoms with Gasteiger partial charge in [0.2, 0.25) is 0 Å². The molecule has 0 aliphatic carbocycles. The monoisotopic (exact) mass is 596 g/mol. The number of hydrogen-bond donors (Lipinski definition) is 2. The third kappa shape index (κ3) is 11.7. The number of carbonyl (C=O) groups is 2. The molecule has 0 saturated heterocycles. The molecule has 220 valence electrons. The zero-order valence-corrected chi connectivity index (χ0v) is 25.5. The van der Waals surface area contributed by atoms with Crippen LogP contribution in [0.15, 0.2) is 66.7 Å². The van der Waals surface area contributed by atoms with E-state index in [4.69, 9.17) is 18.9 Å². The molecule has 41 heavy (non-hydrogen) atoms. The third-order valence-corrected chi connectivity index (χ3v) is 7.01. The zero-order chi connectivity index (χ0) is 29.3. The Morgan fingerprint density at radius 1 is 0.561 bits per heavy atom. The molecular weight excluding hydrogens is 556 g/mol. The quantitative estimate of drug-likeness (QED) is 0.0668. The van der Waals surface area contributed by atoms with Gasteiger partial charge in [-0.15, -0.1) is 0 Å². The van der Waals surface area contributed by atoms with Crippen LogP contribution >= 0.6 is 25.3 Å². The molecule has 0 fully saturated rings. The highest BCUT2D eigenvalue weighted by Gasteiger charge is 2.14. The van der Waals surface area contributed by atoms with Crippen molar-refractivity contribution in [3.8, 4) is 23.0 Å². The van der Waals surface area contributed by atoms with E-state index in [0.717, 1.165) is 74.4 Å². The largest absolute Gasteiger partial charge is 0.494 e. The van der Waals surface area contributed by atoms with E-state index in [2.05, 4.69) is 25.3 Å². The maximum atomic E-state index is 12.7. The maximum absolute atomic E-state index is 12.7. The molecule has 0 aliphatic heterocycles. The van der Waals surface area contributed by atoms with Crippen LogP contribution < -0.4 is 18.9 Å². The van der Waals surface area contributed by atoms with Crippen LogP contribution in [0.5, 0.6) is 23.0 Å². The summed E-state index contributed by atoms with van der Waals surface area (Å²) in [5.74, 6) is 3.07. The van der Waals surface area contributed by atoms with Crippen molar-refractivity contribution in [3.63, 3.8) is 0 Å². The molecule has 0 atom stereocenters. The van der Waals surface area contributed by atoms with Gasteiger partial charge in [-0.2, -0.15) is 25.3 Å². The van der Waals surface area contributed by atoms with Gasteiger partial charge < -0.3 is 18.9 Å². The lowest BCUT2D eigenvalue weighted by Gasteiger charge is -2.11. The molecule has 0 heterocycles.